The fraction of sp³-hybridized carbons (Fsp3) is 0. The fourth-order valence-electron chi connectivity index (χ4n) is 1.23. The Labute approximate surface area is 112 Å². The van der Waals surface area contributed by atoms with Gasteiger partial charge in [-0.15, -0.1) is 0 Å². The van der Waals surface area contributed by atoms with Gasteiger partial charge in [-0.2, -0.15) is 5.10 Å². The van der Waals surface area contributed by atoms with E-state index in [0.29, 0.717) is 0 Å². The Morgan fingerprint density at radius 2 is 2.28 bits per heavy atom. The van der Waals surface area contributed by atoms with Gasteiger partial charge in [0.2, 0.25) is 0 Å². The van der Waals surface area contributed by atoms with E-state index in [2.05, 4.69) is 36.4 Å². The molecule has 18 heavy (non-hydrogen) atoms. The van der Waals surface area contributed by atoms with Crippen LogP contribution in [0.3, 0.4) is 0 Å². The first-order valence-electron chi connectivity index (χ1n) is 5.11. The number of nitrogens with one attached hydrogen (secondary N) is 1. The second-order valence-corrected chi connectivity index (χ2v) is 4.26. The number of benzene rings is 1. The highest BCUT2D eigenvalue weighted by atomic mass is 79.9. The third kappa shape index (κ3) is 3.46. The van der Waals surface area contributed by atoms with Crippen molar-refractivity contribution in [1.82, 2.24) is 15.4 Å². The summed E-state index contributed by atoms with van der Waals surface area (Å²) >= 11 is 3.35. The molecule has 6 heteroatoms. The Balaban J connectivity index is 1.98. The molecule has 1 heterocycles. The van der Waals surface area contributed by atoms with E-state index in [4.69, 9.17) is 0 Å². The average Bonchev–Trinajstić information content (AvgIpc) is 2.40. The molecule has 1 amide bonds. The summed E-state index contributed by atoms with van der Waals surface area (Å²) in [5.41, 5.74) is 3.48. The highest BCUT2D eigenvalue weighted by Gasteiger charge is 2.04. The summed E-state index contributed by atoms with van der Waals surface area (Å²) < 4.78 is 0.951. The number of rotatable bonds is 3. The number of amides is 1. The van der Waals surface area contributed by atoms with Gasteiger partial charge in [0.1, 0.15) is 5.69 Å². The van der Waals surface area contributed by atoms with Crippen molar-refractivity contribution in [3.8, 4) is 0 Å². The van der Waals surface area contributed by atoms with Crippen molar-refractivity contribution in [2.45, 2.75) is 0 Å². The molecule has 5 nitrogen and oxygen atoms in total. The van der Waals surface area contributed by atoms with E-state index in [1.807, 2.05) is 24.3 Å². The van der Waals surface area contributed by atoms with Gasteiger partial charge in [0.25, 0.3) is 5.91 Å². The maximum absolute atomic E-state index is 11.6. The number of hydrazone groups is 1. The van der Waals surface area contributed by atoms with Gasteiger partial charge in [-0.05, 0) is 17.7 Å². The van der Waals surface area contributed by atoms with Gasteiger partial charge in [0.05, 0.1) is 12.4 Å². The third-order valence-electron chi connectivity index (χ3n) is 2.02. The predicted molar refractivity (Wildman–Crippen MR) is 71.2 cm³/mol. The van der Waals surface area contributed by atoms with Gasteiger partial charge in [0.15, 0.2) is 0 Å². The van der Waals surface area contributed by atoms with Crippen LogP contribution >= 0.6 is 15.9 Å². The van der Waals surface area contributed by atoms with Crippen molar-refractivity contribution in [2.75, 3.05) is 0 Å². The molecule has 0 saturated carbocycles. The van der Waals surface area contributed by atoms with Gasteiger partial charge in [-0.3, -0.25) is 9.78 Å². The number of carbonyl (C=O) groups excluding carboxylic acids is 1. The molecule has 2 aromatic rings. The number of nitrogens with zero attached hydrogens (tertiary/aromatic N) is 3. The molecule has 1 aromatic heterocycles. The highest BCUT2D eigenvalue weighted by molar-refractivity contribution is 9.10. The molecule has 90 valence electrons. The first-order chi connectivity index (χ1) is 8.75. The molecule has 1 aromatic carbocycles. The molecule has 0 bridgehead atoms. The number of hydrogen-bond acceptors (Lipinski definition) is 4. The molecule has 0 aliphatic rings. The van der Waals surface area contributed by atoms with Crippen LogP contribution < -0.4 is 5.43 Å². The Kier molecular flexibility index (Phi) is 4.14. The molecule has 0 spiro atoms. The monoisotopic (exact) mass is 304 g/mol. The van der Waals surface area contributed by atoms with Crippen LogP contribution in [-0.2, 0) is 0 Å². The number of hydrogen-bond donors (Lipinski definition) is 1. The van der Waals surface area contributed by atoms with Crippen LogP contribution in [0.5, 0.6) is 0 Å². The summed E-state index contributed by atoms with van der Waals surface area (Å²) in [6, 6.07) is 7.56. The molecule has 0 unspecified atom stereocenters. The summed E-state index contributed by atoms with van der Waals surface area (Å²) in [5.74, 6) is -0.394. The Hall–Kier alpha value is -2.08. The average molecular weight is 305 g/mol. The summed E-state index contributed by atoms with van der Waals surface area (Å²) in [6.07, 6.45) is 5.89. The lowest BCUT2D eigenvalue weighted by atomic mass is 10.2. The standard InChI is InChI=1S/C12H9BrN4O/c13-10-3-1-2-9(6-10)7-16-17-12(18)11-8-14-4-5-15-11/h1-8H,(H,17,18)/b16-7-. The molecule has 0 radical (unpaired) electrons. The van der Waals surface area contributed by atoms with Gasteiger partial charge in [-0.25, -0.2) is 10.4 Å². The van der Waals surface area contributed by atoms with Crippen molar-refractivity contribution in [1.29, 1.82) is 0 Å². The van der Waals surface area contributed by atoms with E-state index in [0.717, 1.165) is 10.0 Å². The lowest BCUT2D eigenvalue weighted by Gasteiger charge is -1.97. The Morgan fingerprint density at radius 3 is 3.00 bits per heavy atom. The van der Waals surface area contributed by atoms with Crippen LogP contribution in [0, 0.1) is 0 Å². The lowest BCUT2D eigenvalue weighted by Crippen LogP contribution is -2.19. The van der Waals surface area contributed by atoms with Crippen LogP contribution in [0.15, 0.2) is 52.4 Å². The quantitative estimate of drug-likeness (QED) is 0.696. The molecule has 2 rings (SSSR count). The van der Waals surface area contributed by atoms with Crippen LogP contribution in [0.2, 0.25) is 0 Å². The fourth-order valence-corrected chi connectivity index (χ4v) is 1.64. The van der Waals surface area contributed by atoms with Crippen molar-refractivity contribution < 1.29 is 4.79 Å². The van der Waals surface area contributed by atoms with E-state index < -0.39 is 5.91 Å². The van der Waals surface area contributed by atoms with Gasteiger partial charge in [-0.1, -0.05) is 28.1 Å². The summed E-state index contributed by atoms with van der Waals surface area (Å²) in [7, 11) is 0. The summed E-state index contributed by atoms with van der Waals surface area (Å²) in [5, 5.41) is 3.85. The number of aromatic nitrogens is 2. The Morgan fingerprint density at radius 1 is 1.39 bits per heavy atom. The van der Waals surface area contributed by atoms with Crippen LogP contribution in [0.25, 0.3) is 0 Å². The van der Waals surface area contributed by atoms with E-state index in [1.165, 1.54) is 18.6 Å². The minimum atomic E-state index is -0.394. The second kappa shape index (κ2) is 6.02. The first-order valence-corrected chi connectivity index (χ1v) is 5.90. The number of carbonyl (C=O) groups is 1. The maximum Gasteiger partial charge on any atom is 0.291 e. The Bertz CT molecular complexity index is 571. The predicted octanol–water partition coefficient (Wildman–Crippen LogP) is 2.00. The van der Waals surface area contributed by atoms with Gasteiger partial charge < -0.3 is 0 Å². The topological polar surface area (TPSA) is 67.2 Å². The molecule has 0 fully saturated rings. The minimum absolute atomic E-state index is 0.226. The normalized spacial score (nSPS) is 10.5. The SMILES string of the molecule is O=C(N/N=C\c1cccc(Br)c1)c1cnccn1. The zero-order valence-corrected chi connectivity index (χ0v) is 10.8. The molecule has 0 saturated heterocycles. The van der Waals surface area contributed by atoms with E-state index in [-0.39, 0.29) is 5.69 Å². The molecule has 1 N–H and O–H groups in total. The van der Waals surface area contributed by atoms with Crippen molar-refractivity contribution in [2.24, 2.45) is 5.10 Å². The smallest absolute Gasteiger partial charge is 0.265 e. The highest BCUT2D eigenvalue weighted by Crippen LogP contribution is 2.09. The first kappa shape index (κ1) is 12.4. The van der Waals surface area contributed by atoms with E-state index in [1.54, 1.807) is 6.21 Å². The second-order valence-electron chi connectivity index (χ2n) is 3.34. The van der Waals surface area contributed by atoms with E-state index in [9.17, 15) is 4.79 Å². The summed E-state index contributed by atoms with van der Waals surface area (Å²) in [6.45, 7) is 0. The molecular formula is C12H9BrN4O. The summed E-state index contributed by atoms with van der Waals surface area (Å²) in [4.78, 5) is 19.2. The molecule has 0 aliphatic heterocycles. The maximum atomic E-state index is 11.6. The van der Waals surface area contributed by atoms with Crippen molar-refractivity contribution in [3.05, 3.63) is 58.6 Å². The third-order valence-corrected chi connectivity index (χ3v) is 2.52. The van der Waals surface area contributed by atoms with Crippen LogP contribution in [0.1, 0.15) is 16.1 Å². The minimum Gasteiger partial charge on any atom is -0.265 e. The molecular weight excluding hydrogens is 296 g/mol. The largest absolute Gasteiger partial charge is 0.291 e. The zero-order valence-electron chi connectivity index (χ0n) is 9.25. The van der Waals surface area contributed by atoms with Gasteiger partial charge >= 0.3 is 0 Å². The van der Waals surface area contributed by atoms with Crippen LogP contribution in [0.4, 0.5) is 0 Å². The van der Waals surface area contributed by atoms with Crippen molar-refractivity contribution in [3.63, 3.8) is 0 Å². The lowest BCUT2D eigenvalue weighted by molar-refractivity contribution is 0.0950. The molecule has 0 aliphatic carbocycles. The molecule has 0 atom stereocenters. The van der Waals surface area contributed by atoms with Crippen molar-refractivity contribution >= 4 is 28.1 Å². The number of halogens is 1. The van der Waals surface area contributed by atoms with Gasteiger partial charge in [0, 0.05) is 16.9 Å². The van der Waals surface area contributed by atoms with E-state index >= 15 is 0 Å². The van der Waals surface area contributed by atoms with Crippen LogP contribution in [-0.4, -0.2) is 22.1 Å². The zero-order chi connectivity index (χ0) is 12.8.